The van der Waals surface area contributed by atoms with Gasteiger partial charge in [-0.05, 0) is 19.2 Å². The van der Waals surface area contributed by atoms with E-state index in [-0.39, 0.29) is 11.8 Å². The molecule has 1 aromatic heterocycles. The topological polar surface area (TPSA) is 79.8 Å². The predicted octanol–water partition coefficient (Wildman–Crippen LogP) is 0.975. The van der Waals surface area contributed by atoms with E-state index >= 15 is 0 Å². The smallest absolute Gasteiger partial charge is 0.401 e. The molecule has 1 aromatic rings. The van der Waals surface area contributed by atoms with Crippen molar-refractivity contribution in [2.75, 3.05) is 33.2 Å². The zero-order chi connectivity index (χ0) is 13.8. The minimum absolute atomic E-state index is 0.104. The van der Waals surface area contributed by atoms with Gasteiger partial charge in [-0.3, -0.25) is 14.9 Å². The monoisotopic (exact) mass is 265 g/mol. The van der Waals surface area contributed by atoms with Gasteiger partial charge < -0.3 is 14.2 Å². The largest absolute Gasteiger partial charge is 0.433 e. The summed E-state index contributed by atoms with van der Waals surface area (Å²) >= 11 is 0. The number of furan rings is 1. The lowest BCUT2D eigenvalue weighted by molar-refractivity contribution is -0.402. The molecule has 0 aliphatic carbocycles. The number of hydrogen-bond acceptors (Lipinski definition) is 5. The standard InChI is InChI=1S/C12H15N3O4/c1-13-6-8-14(9-7-13)11(16)4-2-10-3-5-12(19-10)15(17)18/h2-5H,6-9H2,1H3/b4-2+. The van der Waals surface area contributed by atoms with E-state index in [0.29, 0.717) is 18.8 Å². The first kappa shape index (κ1) is 13.3. The third-order valence-electron chi connectivity index (χ3n) is 3.00. The van der Waals surface area contributed by atoms with E-state index in [9.17, 15) is 14.9 Å². The fourth-order valence-electron chi connectivity index (χ4n) is 1.82. The summed E-state index contributed by atoms with van der Waals surface area (Å²) in [5, 5.41) is 10.4. The molecule has 0 atom stereocenters. The van der Waals surface area contributed by atoms with E-state index in [4.69, 9.17) is 4.42 Å². The second-order valence-electron chi connectivity index (χ2n) is 4.40. The van der Waals surface area contributed by atoms with Crippen molar-refractivity contribution >= 4 is 17.9 Å². The number of nitrogens with zero attached hydrogens (tertiary/aromatic N) is 3. The van der Waals surface area contributed by atoms with Crippen LogP contribution in [0, 0.1) is 10.1 Å². The van der Waals surface area contributed by atoms with Gasteiger partial charge in [-0.1, -0.05) is 0 Å². The molecular weight excluding hydrogens is 250 g/mol. The third kappa shape index (κ3) is 3.41. The lowest BCUT2D eigenvalue weighted by atomic mass is 10.3. The number of rotatable bonds is 3. The molecule has 1 saturated heterocycles. The van der Waals surface area contributed by atoms with Gasteiger partial charge in [0, 0.05) is 32.3 Å². The van der Waals surface area contributed by atoms with Crippen LogP contribution in [-0.2, 0) is 4.79 Å². The Morgan fingerprint density at radius 1 is 1.37 bits per heavy atom. The third-order valence-corrected chi connectivity index (χ3v) is 3.00. The molecule has 2 rings (SSSR count). The van der Waals surface area contributed by atoms with Crippen LogP contribution in [0.1, 0.15) is 5.76 Å². The average Bonchev–Trinajstić information content (AvgIpc) is 2.86. The van der Waals surface area contributed by atoms with Crippen molar-refractivity contribution in [2.45, 2.75) is 0 Å². The number of nitro groups is 1. The van der Waals surface area contributed by atoms with Crippen molar-refractivity contribution < 1.29 is 14.1 Å². The van der Waals surface area contributed by atoms with Gasteiger partial charge in [0.2, 0.25) is 5.91 Å². The molecule has 19 heavy (non-hydrogen) atoms. The number of amides is 1. The Hall–Kier alpha value is -2.15. The summed E-state index contributed by atoms with van der Waals surface area (Å²) in [7, 11) is 2.01. The molecule has 7 nitrogen and oxygen atoms in total. The first-order valence-corrected chi connectivity index (χ1v) is 5.96. The molecule has 0 N–H and O–H groups in total. The van der Waals surface area contributed by atoms with E-state index < -0.39 is 4.92 Å². The first-order valence-electron chi connectivity index (χ1n) is 5.96. The van der Waals surface area contributed by atoms with Gasteiger partial charge in [0.1, 0.15) is 10.7 Å². The van der Waals surface area contributed by atoms with Crippen molar-refractivity contribution in [1.29, 1.82) is 0 Å². The summed E-state index contributed by atoms with van der Waals surface area (Å²) in [6, 6.07) is 2.73. The molecule has 0 radical (unpaired) electrons. The highest BCUT2D eigenvalue weighted by atomic mass is 16.6. The Bertz CT molecular complexity index is 501. The highest BCUT2D eigenvalue weighted by Gasteiger charge is 2.17. The number of piperazine rings is 1. The molecule has 102 valence electrons. The molecule has 0 unspecified atom stereocenters. The maximum Gasteiger partial charge on any atom is 0.433 e. The summed E-state index contributed by atoms with van der Waals surface area (Å²) in [4.78, 5) is 25.6. The van der Waals surface area contributed by atoms with Crippen LogP contribution in [0.25, 0.3) is 6.08 Å². The molecule has 1 aliphatic heterocycles. The van der Waals surface area contributed by atoms with Crippen molar-refractivity contribution in [3.63, 3.8) is 0 Å². The number of hydrogen-bond donors (Lipinski definition) is 0. The summed E-state index contributed by atoms with van der Waals surface area (Å²) < 4.78 is 4.94. The Kier molecular flexibility index (Phi) is 3.96. The van der Waals surface area contributed by atoms with E-state index in [1.165, 1.54) is 24.3 Å². The van der Waals surface area contributed by atoms with E-state index in [1.807, 2.05) is 7.05 Å². The Morgan fingerprint density at radius 3 is 2.63 bits per heavy atom. The maximum atomic E-state index is 11.9. The van der Waals surface area contributed by atoms with Crippen LogP contribution in [0.5, 0.6) is 0 Å². The summed E-state index contributed by atoms with van der Waals surface area (Å²) in [6.07, 6.45) is 2.83. The normalized spacial score (nSPS) is 17.0. The van der Waals surface area contributed by atoms with Crippen molar-refractivity contribution in [3.8, 4) is 0 Å². The van der Waals surface area contributed by atoms with Gasteiger partial charge in [0.25, 0.3) is 0 Å². The van der Waals surface area contributed by atoms with Gasteiger partial charge in [-0.25, -0.2) is 0 Å². The van der Waals surface area contributed by atoms with E-state index in [2.05, 4.69) is 4.90 Å². The first-order chi connectivity index (χ1) is 9.06. The molecule has 0 spiro atoms. The SMILES string of the molecule is CN1CCN(C(=O)/C=C/c2ccc([N+](=O)[O-])o2)CC1. The Balaban J connectivity index is 1.94. The fraction of sp³-hybridized carbons (Fsp3) is 0.417. The van der Waals surface area contributed by atoms with Gasteiger partial charge in [-0.2, -0.15) is 0 Å². The molecular formula is C12H15N3O4. The van der Waals surface area contributed by atoms with Crippen molar-refractivity contribution in [2.24, 2.45) is 0 Å². The van der Waals surface area contributed by atoms with Crippen molar-refractivity contribution in [3.05, 3.63) is 34.1 Å². The lowest BCUT2D eigenvalue weighted by Crippen LogP contribution is -2.46. The molecule has 1 aliphatic rings. The zero-order valence-corrected chi connectivity index (χ0v) is 10.6. The minimum atomic E-state index is -0.611. The highest BCUT2D eigenvalue weighted by molar-refractivity contribution is 5.91. The summed E-state index contributed by atoms with van der Waals surface area (Å²) in [5.74, 6) is -0.131. The van der Waals surface area contributed by atoms with Gasteiger partial charge in [0.05, 0.1) is 6.07 Å². The van der Waals surface area contributed by atoms with Crippen LogP contribution < -0.4 is 0 Å². The number of likely N-dealkylation sites (N-methyl/N-ethyl adjacent to an activating group) is 1. The summed E-state index contributed by atoms with van der Waals surface area (Å²) in [6.45, 7) is 3.09. The molecule has 2 heterocycles. The van der Waals surface area contributed by atoms with Crippen LogP contribution in [0.15, 0.2) is 22.6 Å². The van der Waals surface area contributed by atoms with Crippen LogP contribution in [0.2, 0.25) is 0 Å². The average molecular weight is 265 g/mol. The van der Waals surface area contributed by atoms with Crippen LogP contribution in [0.4, 0.5) is 5.88 Å². The quantitative estimate of drug-likeness (QED) is 0.462. The van der Waals surface area contributed by atoms with Gasteiger partial charge >= 0.3 is 5.88 Å². The number of carbonyl (C=O) groups excluding carboxylic acids is 1. The van der Waals surface area contributed by atoms with Crippen LogP contribution >= 0.6 is 0 Å². The summed E-state index contributed by atoms with van der Waals surface area (Å²) in [5.41, 5.74) is 0. The Labute approximate surface area is 110 Å². The van der Waals surface area contributed by atoms with Crippen LogP contribution in [0.3, 0.4) is 0 Å². The predicted molar refractivity (Wildman–Crippen MR) is 68.5 cm³/mol. The second-order valence-corrected chi connectivity index (χ2v) is 4.40. The second kappa shape index (κ2) is 5.66. The Morgan fingerprint density at radius 2 is 2.05 bits per heavy atom. The van der Waals surface area contributed by atoms with E-state index in [0.717, 1.165) is 13.1 Å². The van der Waals surface area contributed by atoms with Crippen molar-refractivity contribution in [1.82, 2.24) is 9.80 Å². The van der Waals surface area contributed by atoms with Crippen LogP contribution in [-0.4, -0.2) is 53.9 Å². The maximum absolute atomic E-state index is 11.9. The molecule has 0 saturated carbocycles. The van der Waals surface area contributed by atoms with E-state index in [1.54, 1.807) is 4.90 Å². The molecule has 0 bridgehead atoms. The molecule has 7 heteroatoms. The zero-order valence-electron chi connectivity index (χ0n) is 10.6. The highest BCUT2D eigenvalue weighted by Crippen LogP contribution is 2.16. The fourth-order valence-corrected chi connectivity index (χ4v) is 1.82. The molecule has 0 aromatic carbocycles. The number of carbonyl (C=O) groups is 1. The molecule has 1 fully saturated rings. The minimum Gasteiger partial charge on any atom is -0.401 e. The van der Waals surface area contributed by atoms with Gasteiger partial charge in [-0.15, -0.1) is 0 Å². The van der Waals surface area contributed by atoms with Gasteiger partial charge in [0.15, 0.2) is 0 Å². The lowest BCUT2D eigenvalue weighted by Gasteiger charge is -2.31. The molecule has 1 amide bonds.